The molecule has 1 fully saturated rings. The summed E-state index contributed by atoms with van der Waals surface area (Å²) in [5, 5.41) is 7.61. The average Bonchev–Trinajstić information content (AvgIpc) is 2.33. The van der Waals surface area contributed by atoms with E-state index in [2.05, 4.69) is 35.6 Å². The summed E-state index contributed by atoms with van der Waals surface area (Å²) in [6.45, 7) is 7.66. The minimum Gasteiger partial charge on any atom is -0.382 e. The van der Waals surface area contributed by atoms with Gasteiger partial charge in [0, 0.05) is 25.0 Å². The van der Waals surface area contributed by atoms with Crippen LogP contribution in [0.2, 0.25) is 0 Å². The van der Waals surface area contributed by atoms with Crippen molar-refractivity contribution in [1.82, 2.24) is 9.97 Å². The first-order valence-electron chi connectivity index (χ1n) is 6.42. The molecule has 0 spiro atoms. The van der Waals surface area contributed by atoms with Crippen molar-refractivity contribution in [2.75, 3.05) is 11.4 Å². The van der Waals surface area contributed by atoms with E-state index in [0.717, 1.165) is 12.4 Å². The van der Waals surface area contributed by atoms with E-state index in [4.69, 9.17) is 11.1 Å². The van der Waals surface area contributed by atoms with Gasteiger partial charge in [-0.1, -0.05) is 13.8 Å². The van der Waals surface area contributed by atoms with Gasteiger partial charge in [-0.05, 0) is 25.2 Å². The number of nitrogens with two attached hydrogens (primary N) is 1. The van der Waals surface area contributed by atoms with Crippen LogP contribution in [0, 0.1) is 17.2 Å². The first-order chi connectivity index (χ1) is 8.50. The Bertz CT molecular complexity index is 445. The molecule has 0 aromatic carbocycles. The fraction of sp³-hybridized carbons (Fsp3) is 0.615. The normalized spacial score (nSPS) is 28.2. The molecule has 0 amide bonds. The molecular formula is C13H21N5. The molecule has 3 atom stereocenters. The second-order valence-electron chi connectivity index (χ2n) is 5.35. The lowest BCUT2D eigenvalue weighted by atomic mass is 9.86. The second-order valence-corrected chi connectivity index (χ2v) is 5.35. The third kappa shape index (κ3) is 2.30. The Balaban J connectivity index is 2.38. The zero-order valence-electron chi connectivity index (χ0n) is 11.2. The molecule has 2 heterocycles. The van der Waals surface area contributed by atoms with Crippen LogP contribution in [0.1, 0.15) is 32.9 Å². The first kappa shape index (κ1) is 12.8. The summed E-state index contributed by atoms with van der Waals surface area (Å²) in [4.78, 5) is 10.8. The van der Waals surface area contributed by atoms with E-state index in [1.165, 1.54) is 6.42 Å². The van der Waals surface area contributed by atoms with Crippen LogP contribution >= 0.6 is 0 Å². The second kappa shape index (κ2) is 4.92. The zero-order valence-corrected chi connectivity index (χ0v) is 11.2. The fourth-order valence-corrected chi connectivity index (χ4v) is 2.73. The number of aromatic nitrogens is 2. The van der Waals surface area contributed by atoms with Gasteiger partial charge in [0.15, 0.2) is 5.82 Å². The number of anilines is 1. The number of amidine groups is 1. The van der Waals surface area contributed by atoms with Crippen molar-refractivity contribution in [1.29, 1.82) is 5.41 Å². The van der Waals surface area contributed by atoms with E-state index in [1.54, 1.807) is 12.4 Å². The maximum atomic E-state index is 7.61. The minimum atomic E-state index is -0.0174. The average molecular weight is 247 g/mol. The van der Waals surface area contributed by atoms with Crippen LogP contribution in [0.4, 0.5) is 5.82 Å². The molecule has 0 radical (unpaired) electrons. The smallest absolute Gasteiger partial charge is 0.158 e. The Hall–Kier alpha value is -1.65. The largest absolute Gasteiger partial charge is 0.382 e. The molecule has 1 aliphatic rings. The zero-order chi connectivity index (χ0) is 13.3. The van der Waals surface area contributed by atoms with Crippen molar-refractivity contribution in [2.45, 2.75) is 33.2 Å². The van der Waals surface area contributed by atoms with Gasteiger partial charge < -0.3 is 10.6 Å². The van der Waals surface area contributed by atoms with E-state index >= 15 is 0 Å². The summed E-state index contributed by atoms with van der Waals surface area (Å²) in [6, 6.07) is 0.399. The monoisotopic (exact) mass is 247 g/mol. The number of piperidine rings is 1. The van der Waals surface area contributed by atoms with E-state index in [1.807, 2.05) is 0 Å². The van der Waals surface area contributed by atoms with Gasteiger partial charge in [0.05, 0.1) is 0 Å². The Morgan fingerprint density at radius 1 is 1.33 bits per heavy atom. The van der Waals surface area contributed by atoms with E-state index in [-0.39, 0.29) is 5.84 Å². The highest BCUT2D eigenvalue weighted by Gasteiger charge is 2.31. The standard InChI is InChI=1S/C13H21N5/c1-8-6-9(2)10(3)18(7-8)13-11(12(14)15)16-4-5-17-13/h4-5,8-10H,6-7H2,1-3H3,(H3,14,15). The molecule has 0 aliphatic carbocycles. The molecule has 5 nitrogen and oxygen atoms in total. The molecule has 1 saturated heterocycles. The third-order valence-electron chi connectivity index (χ3n) is 3.80. The van der Waals surface area contributed by atoms with Gasteiger partial charge in [-0.2, -0.15) is 0 Å². The molecule has 3 N–H and O–H groups in total. The third-order valence-corrected chi connectivity index (χ3v) is 3.80. The number of nitrogens with one attached hydrogen (secondary N) is 1. The highest BCUT2D eigenvalue weighted by Crippen LogP contribution is 2.31. The summed E-state index contributed by atoms with van der Waals surface area (Å²) >= 11 is 0. The number of hydrogen-bond donors (Lipinski definition) is 2. The van der Waals surface area contributed by atoms with Crippen molar-refractivity contribution in [3.8, 4) is 0 Å². The van der Waals surface area contributed by atoms with Gasteiger partial charge in [-0.15, -0.1) is 0 Å². The van der Waals surface area contributed by atoms with Crippen molar-refractivity contribution in [2.24, 2.45) is 17.6 Å². The summed E-state index contributed by atoms with van der Waals surface area (Å²) in [6.07, 6.45) is 4.48. The number of nitrogens with zero attached hydrogens (tertiary/aromatic N) is 3. The van der Waals surface area contributed by atoms with Crippen LogP contribution < -0.4 is 10.6 Å². The van der Waals surface area contributed by atoms with Crippen molar-refractivity contribution < 1.29 is 0 Å². The van der Waals surface area contributed by atoms with Gasteiger partial charge in [0.1, 0.15) is 11.5 Å². The van der Waals surface area contributed by atoms with Crippen LogP contribution in [0.25, 0.3) is 0 Å². The summed E-state index contributed by atoms with van der Waals surface area (Å²) in [7, 11) is 0. The quantitative estimate of drug-likeness (QED) is 0.615. The molecule has 98 valence electrons. The van der Waals surface area contributed by atoms with E-state index in [0.29, 0.717) is 23.6 Å². The first-order valence-corrected chi connectivity index (χ1v) is 6.42. The Morgan fingerprint density at radius 2 is 2.00 bits per heavy atom. The Labute approximate surface area is 108 Å². The highest BCUT2D eigenvalue weighted by atomic mass is 15.2. The molecule has 1 aliphatic heterocycles. The maximum Gasteiger partial charge on any atom is 0.158 e. The molecule has 0 bridgehead atoms. The molecule has 0 saturated carbocycles. The van der Waals surface area contributed by atoms with Crippen LogP contribution in [-0.4, -0.2) is 28.4 Å². The van der Waals surface area contributed by atoms with Crippen molar-refractivity contribution >= 4 is 11.7 Å². The molecule has 1 aromatic heterocycles. The SMILES string of the molecule is CC1CC(C)C(C)N(c2nccnc2C(=N)N)C1. The van der Waals surface area contributed by atoms with Crippen molar-refractivity contribution in [3.05, 3.63) is 18.1 Å². The minimum absolute atomic E-state index is 0.0174. The van der Waals surface area contributed by atoms with Crippen LogP contribution in [0.3, 0.4) is 0 Å². The van der Waals surface area contributed by atoms with Gasteiger partial charge in [0.2, 0.25) is 0 Å². The van der Waals surface area contributed by atoms with E-state index in [9.17, 15) is 0 Å². The lowest BCUT2D eigenvalue weighted by molar-refractivity contribution is 0.295. The predicted octanol–water partition coefficient (Wildman–Crippen LogP) is 1.63. The molecular weight excluding hydrogens is 226 g/mol. The van der Waals surface area contributed by atoms with E-state index < -0.39 is 0 Å². The van der Waals surface area contributed by atoms with Crippen LogP contribution in [-0.2, 0) is 0 Å². The highest BCUT2D eigenvalue weighted by molar-refractivity contribution is 5.97. The molecule has 5 heteroatoms. The molecule has 2 rings (SSSR count). The number of rotatable bonds is 2. The van der Waals surface area contributed by atoms with Gasteiger partial charge in [0.25, 0.3) is 0 Å². The summed E-state index contributed by atoms with van der Waals surface area (Å²) < 4.78 is 0. The lowest BCUT2D eigenvalue weighted by Crippen LogP contribution is -2.47. The van der Waals surface area contributed by atoms with Crippen molar-refractivity contribution in [3.63, 3.8) is 0 Å². The molecule has 18 heavy (non-hydrogen) atoms. The van der Waals surface area contributed by atoms with Crippen LogP contribution in [0.15, 0.2) is 12.4 Å². The Morgan fingerprint density at radius 3 is 2.67 bits per heavy atom. The number of nitrogen functional groups attached to an aromatic ring is 1. The fourth-order valence-electron chi connectivity index (χ4n) is 2.73. The summed E-state index contributed by atoms with van der Waals surface area (Å²) in [5.74, 6) is 1.96. The lowest BCUT2D eigenvalue weighted by Gasteiger charge is -2.42. The summed E-state index contributed by atoms with van der Waals surface area (Å²) in [5.41, 5.74) is 6.08. The molecule has 1 aromatic rings. The van der Waals surface area contributed by atoms with Crippen LogP contribution in [0.5, 0.6) is 0 Å². The number of hydrogen-bond acceptors (Lipinski definition) is 4. The van der Waals surface area contributed by atoms with Gasteiger partial charge >= 0.3 is 0 Å². The Kier molecular flexibility index (Phi) is 3.50. The van der Waals surface area contributed by atoms with Gasteiger partial charge in [-0.3, -0.25) is 5.41 Å². The molecule has 3 unspecified atom stereocenters. The maximum absolute atomic E-state index is 7.61. The predicted molar refractivity (Wildman–Crippen MR) is 72.8 cm³/mol. The van der Waals surface area contributed by atoms with Gasteiger partial charge in [-0.25, -0.2) is 9.97 Å². The topological polar surface area (TPSA) is 78.9 Å².